The van der Waals surface area contributed by atoms with Gasteiger partial charge in [-0.25, -0.2) is 9.69 Å². The van der Waals surface area contributed by atoms with E-state index in [4.69, 9.17) is 13.1 Å². The van der Waals surface area contributed by atoms with Gasteiger partial charge in [-0.3, -0.25) is 0 Å². The maximum Gasteiger partial charge on any atom is 0.202 e. The van der Waals surface area contributed by atoms with E-state index < -0.39 is 0 Å². The first-order valence-electron chi connectivity index (χ1n) is 9.17. The van der Waals surface area contributed by atoms with Crippen molar-refractivity contribution in [3.8, 4) is 11.1 Å². The summed E-state index contributed by atoms with van der Waals surface area (Å²) in [6.45, 7) is 19.3. The fourth-order valence-corrected chi connectivity index (χ4v) is 3.94. The molecule has 3 aromatic carbocycles. The van der Waals surface area contributed by atoms with Crippen LogP contribution >= 0.6 is 0 Å². The lowest BCUT2D eigenvalue weighted by molar-refractivity contribution is 0.733. The Labute approximate surface area is 165 Å². The SMILES string of the molecule is [C-]#[N+]c1cc([N+]#[C-])c2c(c1)N(C)[C@H](C)N2c1c(C)cccc1-c1ccccc1. The van der Waals surface area contributed by atoms with E-state index in [1.807, 2.05) is 31.3 Å². The molecule has 0 unspecified atom stereocenters. The predicted octanol–water partition coefficient (Wildman–Crippen LogP) is 6.70. The lowest BCUT2D eigenvalue weighted by Crippen LogP contribution is -2.36. The molecule has 3 aromatic rings. The number of aryl methyl sites for hydroxylation is 1. The van der Waals surface area contributed by atoms with Crippen LogP contribution in [0.3, 0.4) is 0 Å². The summed E-state index contributed by atoms with van der Waals surface area (Å²) >= 11 is 0. The van der Waals surface area contributed by atoms with E-state index in [1.54, 1.807) is 6.07 Å². The van der Waals surface area contributed by atoms with E-state index in [2.05, 4.69) is 63.7 Å². The molecule has 0 aliphatic carbocycles. The third-order valence-corrected chi connectivity index (χ3v) is 5.42. The molecule has 0 spiro atoms. The highest BCUT2D eigenvalue weighted by atomic mass is 15.4. The number of fused-ring (bicyclic) bond motifs is 1. The summed E-state index contributed by atoms with van der Waals surface area (Å²) in [5, 5.41) is 0. The first-order chi connectivity index (χ1) is 13.6. The summed E-state index contributed by atoms with van der Waals surface area (Å²) in [7, 11) is 2.02. The van der Waals surface area contributed by atoms with Crippen molar-refractivity contribution in [2.24, 2.45) is 0 Å². The largest absolute Gasteiger partial charge is 0.355 e. The van der Waals surface area contributed by atoms with Gasteiger partial charge >= 0.3 is 0 Å². The zero-order valence-electron chi connectivity index (χ0n) is 16.1. The monoisotopic (exact) mass is 364 g/mol. The summed E-state index contributed by atoms with van der Waals surface area (Å²) in [5.74, 6) is 0. The minimum atomic E-state index is 0.0278. The molecule has 0 amide bonds. The second kappa shape index (κ2) is 6.76. The van der Waals surface area contributed by atoms with Crippen molar-refractivity contribution in [2.45, 2.75) is 20.0 Å². The van der Waals surface area contributed by atoms with Gasteiger partial charge in [-0.2, -0.15) is 0 Å². The average Bonchev–Trinajstić information content (AvgIpc) is 2.98. The lowest BCUT2D eigenvalue weighted by atomic mass is 9.99. The van der Waals surface area contributed by atoms with Crippen LogP contribution in [0.4, 0.5) is 28.4 Å². The number of nitrogens with zero attached hydrogens (tertiary/aromatic N) is 4. The Hall–Kier alpha value is -3.76. The number of hydrogen-bond donors (Lipinski definition) is 0. The molecule has 0 fully saturated rings. The van der Waals surface area contributed by atoms with Crippen LogP contribution in [0.1, 0.15) is 12.5 Å². The zero-order chi connectivity index (χ0) is 19.8. The van der Waals surface area contributed by atoms with Crippen molar-refractivity contribution >= 4 is 28.4 Å². The third-order valence-electron chi connectivity index (χ3n) is 5.42. The van der Waals surface area contributed by atoms with Gasteiger partial charge in [0.2, 0.25) is 5.69 Å². The Morgan fingerprint density at radius 2 is 1.64 bits per heavy atom. The molecule has 1 atom stereocenters. The van der Waals surface area contributed by atoms with E-state index in [1.165, 1.54) is 0 Å². The molecule has 0 radical (unpaired) electrons. The molecule has 4 heteroatoms. The van der Waals surface area contributed by atoms with E-state index >= 15 is 0 Å². The minimum Gasteiger partial charge on any atom is -0.355 e. The lowest BCUT2D eigenvalue weighted by Gasteiger charge is -2.31. The second-order valence-electron chi connectivity index (χ2n) is 7.01. The summed E-state index contributed by atoms with van der Waals surface area (Å²) in [6.07, 6.45) is 0.0278. The van der Waals surface area contributed by atoms with Crippen molar-refractivity contribution in [1.82, 2.24) is 0 Å². The number of para-hydroxylation sites is 1. The predicted molar refractivity (Wildman–Crippen MR) is 116 cm³/mol. The first-order valence-corrected chi connectivity index (χ1v) is 9.17. The molecular weight excluding hydrogens is 344 g/mol. The van der Waals surface area contributed by atoms with Crippen LogP contribution in [0.5, 0.6) is 0 Å². The minimum absolute atomic E-state index is 0.0278. The normalized spacial score (nSPS) is 15.1. The average molecular weight is 364 g/mol. The van der Waals surface area contributed by atoms with E-state index in [0.717, 1.165) is 33.8 Å². The highest BCUT2D eigenvalue weighted by molar-refractivity contribution is 5.99. The van der Waals surface area contributed by atoms with Crippen molar-refractivity contribution in [3.05, 3.63) is 89.1 Å². The number of anilines is 3. The topological polar surface area (TPSA) is 15.2 Å². The van der Waals surface area contributed by atoms with Crippen LogP contribution < -0.4 is 9.80 Å². The van der Waals surface area contributed by atoms with Crippen molar-refractivity contribution in [3.63, 3.8) is 0 Å². The molecule has 0 aromatic heterocycles. The van der Waals surface area contributed by atoms with E-state index in [9.17, 15) is 0 Å². The zero-order valence-corrected chi connectivity index (χ0v) is 16.1. The van der Waals surface area contributed by atoms with Gasteiger partial charge in [0.15, 0.2) is 5.69 Å². The maximum absolute atomic E-state index is 7.72. The molecular formula is C24H20N4. The molecule has 1 aliphatic rings. The molecule has 0 bridgehead atoms. The number of rotatable bonds is 2. The standard InChI is InChI=1S/C24H20N4/c1-16-10-9-13-20(18-11-7-6-8-12-18)23(16)28-17(2)27(5)22-15-19(25-3)14-21(26-4)24(22)28/h6-15,17H,1-2,5H3/t17-/m0/s1. The Morgan fingerprint density at radius 3 is 2.32 bits per heavy atom. The van der Waals surface area contributed by atoms with Gasteiger partial charge in [-0.15, -0.1) is 0 Å². The number of benzene rings is 3. The van der Waals surface area contributed by atoms with Gasteiger partial charge in [0.1, 0.15) is 6.17 Å². The maximum atomic E-state index is 7.72. The van der Waals surface area contributed by atoms with Crippen molar-refractivity contribution in [1.29, 1.82) is 0 Å². The Kier molecular flexibility index (Phi) is 4.26. The van der Waals surface area contributed by atoms with Gasteiger partial charge in [-0.1, -0.05) is 48.5 Å². The molecule has 1 aliphatic heterocycles. The smallest absolute Gasteiger partial charge is 0.202 e. The fourth-order valence-electron chi connectivity index (χ4n) is 3.94. The van der Waals surface area contributed by atoms with Crippen LogP contribution in [-0.2, 0) is 0 Å². The fraction of sp³-hybridized carbons (Fsp3) is 0.167. The van der Waals surface area contributed by atoms with Gasteiger partial charge in [0, 0.05) is 18.3 Å². The first kappa shape index (κ1) is 17.6. The van der Waals surface area contributed by atoms with Crippen molar-refractivity contribution < 1.29 is 0 Å². The molecule has 0 saturated heterocycles. The molecule has 0 N–H and O–H groups in total. The molecule has 4 nitrogen and oxygen atoms in total. The van der Waals surface area contributed by atoms with Gasteiger partial charge in [0.05, 0.1) is 24.5 Å². The second-order valence-corrected chi connectivity index (χ2v) is 7.01. The third kappa shape index (κ3) is 2.59. The van der Waals surface area contributed by atoms with E-state index in [-0.39, 0.29) is 6.17 Å². The van der Waals surface area contributed by atoms with Crippen LogP contribution in [0, 0.1) is 20.1 Å². The Bertz CT molecular complexity index is 1140. The summed E-state index contributed by atoms with van der Waals surface area (Å²) in [4.78, 5) is 11.7. The van der Waals surface area contributed by atoms with Crippen LogP contribution in [-0.4, -0.2) is 13.2 Å². The van der Waals surface area contributed by atoms with Gasteiger partial charge < -0.3 is 9.80 Å². The van der Waals surface area contributed by atoms with Crippen LogP contribution in [0.2, 0.25) is 0 Å². The molecule has 0 saturated carbocycles. The molecule has 136 valence electrons. The van der Waals surface area contributed by atoms with Gasteiger partial charge in [-0.05, 0) is 37.1 Å². The summed E-state index contributed by atoms with van der Waals surface area (Å²) in [6, 6.07) is 20.2. The quantitative estimate of drug-likeness (QED) is 0.470. The number of hydrogen-bond acceptors (Lipinski definition) is 2. The van der Waals surface area contributed by atoms with E-state index in [0.29, 0.717) is 11.4 Å². The summed E-state index contributed by atoms with van der Waals surface area (Å²) < 4.78 is 0. The molecule has 28 heavy (non-hydrogen) atoms. The summed E-state index contributed by atoms with van der Waals surface area (Å²) in [5.41, 5.74) is 7.36. The Balaban J connectivity index is 2.02. The highest BCUT2D eigenvalue weighted by Crippen LogP contribution is 2.53. The highest BCUT2D eigenvalue weighted by Gasteiger charge is 2.35. The van der Waals surface area contributed by atoms with Crippen LogP contribution in [0.25, 0.3) is 20.8 Å². The van der Waals surface area contributed by atoms with Crippen LogP contribution in [0.15, 0.2) is 60.7 Å². The Morgan fingerprint density at radius 1 is 0.893 bits per heavy atom. The van der Waals surface area contributed by atoms with Gasteiger partial charge in [0.25, 0.3) is 0 Å². The molecule has 4 rings (SSSR count). The molecule has 1 heterocycles. The van der Waals surface area contributed by atoms with Crippen molar-refractivity contribution in [2.75, 3.05) is 16.8 Å².